The van der Waals surface area contributed by atoms with Crippen molar-refractivity contribution in [1.82, 2.24) is 24.0 Å². The van der Waals surface area contributed by atoms with Gasteiger partial charge in [0.25, 0.3) is 5.56 Å². The van der Waals surface area contributed by atoms with Gasteiger partial charge in [-0.2, -0.15) is 0 Å². The van der Waals surface area contributed by atoms with Gasteiger partial charge in [-0.3, -0.25) is 14.2 Å². The molecule has 0 aliphatic carbocycles. The molecule has 0 fully saturated rings. The van der Waals surface area contributed by atoms with Gasteiger partial charge < -0.3 is 14.6 Å². The third-order valence-electron chi connectivity index (χ3n) is 4.96. The summed E-state index contributed by atoms with van der Waals surface area (Å²) in [5.41, 5.74) is 0.357. The van der Waals surface area contributed by atoms with Gasteiger partial charge in [0.05, 0.1) is 19.5 Å². The van der Waals surface area contributed by atoms with Crippen LogP contribution in [0.4, 0.5) is 0 Å². The molecule has 1 atom stereocenters. The highest BCUT2D eigenvalue weighted by atomic mass is 16.5. The van der Waals surface area contributed by atoms with Crippen molar-refractivity contribution >= 4 is 17.1 Å². The van der Waals surface area contributed by atoms with Crippen LogP contribution in [0.15, 0.2) is 40.2 Å². The minimum absolute atomic E-state index is 0.103. The molecule has 2 aromatic heterocycles. The van der Waals surface area contributed by atoms with Crippen molar-refractivity contribution in [3.8, 4) is 5.75 Å². The molecule has 0 bridgehead atoms. The molecule has 1 amide bonds. The van der Waals surface area contributed by atoms with E-state index in [1.807, 2.05) is 38.1 Å². The number of aromatic nitrogens is 4. The van der Waals surface area contributed by atoms with E-state index in [1.165, 1.54) is 17.9 Å². The molecule has 0 saturated carbocycles. The van der Waals surface area contributed by atoms with Gasteiger partial charge in [0.2, 0.25) is 5.91 Å². The predicted molar refractivity (Wildman–Crippen MR) is 109 cm³/mol. The number of hydrogen-bond acceptors (Lipinski definition) is 5. The maximum absolute atomic E-state index is 12.8. The van der Waals surface area contributed by atoms with Crippen molar-refractivity contribution in [3.63, 3.8) is 0 Å². The Morgan fingerprint density at radius 2 is 1.83 bits per heavy atom. The van der Waals surface area contributed by atoms with E-state index in [-0.39, 0.29) is 29.7 Å². The molecule has 2 heterocycles. The minimum Gasteiger partial charge on any atom is -0.497 e. The molecule has 0 spiro atoms. The Kier molecular flexibility index (Phi) is 5.58. The van der Waals surface area contributed by atoms with Crippen molar-refractivity contribution in [2.24, 2.45) is 20.0 Å². The Morgan fingerprint density at radius 3 is 2.41 bits per heavy atom. The highest BCUT2D eigenvalue weighted by molar-refractivity contribution is 5.77. The molecular formula is C20H25N5O4. The molecule has 9 heteroatoms. The quantitative estimate of drug-likeness (QED) is 0.665. The van der Waals surface area contributed by atoms with Crippen molar-refractivity contribution in [3.05, 3.63) is 57.0 Å². The molecule has 1 unspecified atom stereocenters. The number of amides is 1. The van der Waals surface area contributed by atoms with E-state index < -0.39 is 17.2 Å². The minimum atomic E-state index is -0.582. The van der Waals surface area contributed by atoms with Crippen LogP contribution in [0, 0.1) is 5.92 Å². The number of nitrogens with zero attached hydrogens (tertiary/aromatic N) is 4. The summed E-state index contributed by atoms with van der Waals surface area (Å²) in [4.78, 5) is 42.2. The number of methoxy groups -OCH3 is 1. The summed E-state index contributed by atoms with van der Waals surface area (Å²) in [5, 5.41) is 2.94. The number of rotatable bonds is 6. The summed E-state index contributed by atoms with van der Waals surface area (Å²) >= 11 is 0. The molecule has 3 aromatic rings. The van der Waals surface area contributed by atoms with Crippen molar-refractivity contribution in [2.45, 2.75) is 26.4 Å². The molecule has 29 heavy (non-hydrogen) atoms. The summed E-state index contributed by atoms with van der Waals surface area (Å²) in [7, 11) is 4.79. The van der Waals surface area contributed by atoms with Crippen LogP contribution in [0.25, 0.3) is 11.2 Å². The lowest BCUT2D eigenvalue weighted by Gasteiger charge is -2.23. The van der Waals surface area contributed by atoms with Crippen molar-refractivity contribution < 1.29 is 9.53 Å². The monoisotopic (exact) mass is 399 g/mol. The van der Waals surface area contributed by atoms with E-state index in [0.717, 1.165) is 15.9 Å². The predicted octanol–water partition coefficient (Wildman–Crippen LogP) is 0.956. The summed E-state index contributed by atoms with van der Waals surface area (Å²) in [5.74, 6) is 0.411. The summed E-state index contributed by atoms with van der Waals surface area (Å²) in [6.07, 6.45) is 1.47. The second-order valence-corrected chi connectivity index (χ2v) is 7.32. The zero-order valence-corrected chi connectivity index (χ0v) is 17.2. The normalized spacial score (nSPS) is 12.3. The largest absolute Gasteiger partial charge is 0.497 e. The van der Waals surface area contributed by atoms with Gasteiger partial charge in [0.15, 0.2) is 11.2 Å². The fourth-order valence-corrected chi connectivity index (χ4v) is 3.34. The number of fused-ring (bicyclic) bond motifs is 1. The number of benzene rings is 1. The number of hydrogen-bond donors (Lipinski definition) is 1. The van der Waals surface area contributed by atoms with E-state index in [9.17, 15) is 14.4 Å². The standard InChI is InChI=1S/C20H25N5O4/c1-12(2)16(13-6-8-14(29-5)9-7-13)22-15(26)10-25-19(27)17-18(21-11-23(17)3)24(4)20(25)28/h6-9,11-12,16H,10H2,1-5H3,(H,22,26). The smallest absolute Gasteiger partial charge is 0.332 e. The van der Waals surface area contributed by atoms with Crippen LogP contribution in [-0.4, -0.2) is 31.7 Å². The van der Waals surface area contributed by atoms with Gasteiger partial charge in [-0.1, -0.05) is 26.0 Å². The topological polar surface area (TPSA) is 100 Å². The number of nitrogens with one attached hydrogen (secondary N) is 1. The Labute approximate surface area is 167 Å². The van der Waals surface area contributed by atoms with Gasteiger partial charge in [0, 0.05) is 14.1 Å². The van der Waals surface area contributed by atoms with Crippen LogP contribution in [0.5, 0.6) is 5.75 Å². The average Bonchev–Trinajstić information content (AvgIpc) is 3.09. The Morgan fingerprint density at radius 1 is 1.17 bits per heavy atom. The first kappa shape index (κ1) is 20.4. The third-order valence-corrected chi connectivity index (χ3v) is 4.96. The van der Waals surface area contributed by atoms with Gasteiger partial charge in [-0.25, -0.2) is 14.3 Å². The fraction of sp³-hybridized carbons (Fsp3) is 0.400. The number of aryl methyl sites for hydroxylation is 2. The van der Waals surface area contributed by atoms with Crippen LogP contribution in [0.1, 0.15) is 25.5 Å². The number of carbonyl (C=O) groups is 1. The molecule has 0 radical (unpaired) electrons. The zero-order chi connectivity index (χ0) is 21.3. The number of imidazole rings is 1. The Hall–Kier alpha value is -3.36. The highest BCUT2D eigenvalue weighted by Gasteiger charge is 2.21. The summed E-state index contributed by atoms with van der Waals surface area (Å²) in [6, 6.07) is 7.15. The van der Waals surface area contributed by atoms with E-state index >= 15 is 0 Å². The molecule has 0 saturated heterocycles. The van der Waals surface area contributed by atoms with Crippen LogP contribution >= 0.6 is 0 Å². The molecule has 1 N–H and O–H groups in total. The SMILES string of the molecule is COc1ccc(C(NC(=O)Cn2c(=O)c3c(ncn3C)n(C)c2=O)C(C)C)cc1. The van der Waals surface area contributed by atoms with Gasteiger partial charge in [-0.15, -0.1) is 0 Å². The Bertz CT molecular complexity index is 1150. The lowest BCUT2D eigenvalue weighted by Crippen LogP contribution is -2.44. The zero-order valence-electron chi connectivity index (χ0n) is 17.2. The third kappa shape index (κ3) is 3.80. The maximum atomic E-state index is 12.8. The highest BCUT2D eigenvalue weighted by Crippen LogP contribution is 2.23. The van der Waals surface area contributed by atoms with Crippen molar-refractivity contribution in [1.29, 1.82) is 0 Å². The molecular weight excluding hydrogens is 374 g/mol. The van der Waals surface area contributed by atoms with Gasteiger partial charge in [-0.05, 0) is 23.6 Å². The lowest BCUT2D eigenvalue weighted by atomic mass is 9.96. The molecule has 0 aliphatic heterocycles. The van der Waals surface area contributed by atoms with Crippen LogP contribution < -0.4 is 21.3 Å². The molecule has 0 aliphatic rings. The summed E-state index contributed by atoms with van der Waals surface area (Å²) in [6.45, 7) is 3.61. The average molecular weight is 399 g/mol. The van der Waals surface area contributed by atoms with Gasteiger partial charge in [0.1, 0.15) is 12.3 Å². The van der Waals surface area contributed by atoms with Crippen molar-refractivity contribution in [2.75, 3.05) is 7.11 Å². The molecule has 1 aromatic carbocycles. The van der Waals surface area contributed by atoms with E-state index in [1.54, 1.807) is 18.7 Å². The first-order valence-electron chi connectivity index (χ1n) is 9.28. The molecule has 3 rings (SSSR count). The number of carbonyl (C=O) groups excluding carboxylic acids is 1. The van der Waals surface area contributed by atoms with E-state index in [0.29, 0.717) is 0 Å². The first-order chi connectivity index (χ1) is 13.7. The van der Waals surface area contributed by atoms with Crippen LogP contribution in [0.2, 0.25) is 0 Å². The van der Waals surface area contributed by atoms with Gasteiger partial charge >= 0.3 is 5.69 Å². The van der Waals surface area contributed by atoms with E-state index in [4.69, 9.17) is 4.74 Å². The lowest BCUT2D eigenvalue weighted by molar-refractivity contribution is -0.122. The second-order valence-electron chi connectivity index (χ2n) is 7.32. The Balaban J connectivity index is 1.90. The van der Waals surface area contributed by atoms with Crippen LogP contribution in [-0.2, 0) is 25.4 Å². The van der Waals surface area contributed by atoms with E-state index in [2.05, 4.69) is 10.3 Å². The number of ether oxygens (including phenoxy) is 1. The maximum Gasteiger partial charge on any atom is 0.332 e. The summed E-state index contributed by atoms with van der Waals surface area (Å²) < 4.78 is 8.92. The first-order valence-corrected chi connectivity index (χ1v) is 9.28. The fourth-order valence-electron chi connectivity index (χ4n) is 3.34. The molecule has 154 valence electrons. The molecule has 9 nitrogen and oxygen atoms in total. The van der Waals surface area contributed by atoms with Crippen LogP contribution in [0.3, 0.4) is 0 Å². The second kappa shape index (κ2) is 7.94.